The van der Waals surface area contributed by atoms with Crippen LogP contribution in [0.5, 0.6) is 0 Å². The number of likely N-dealkylation sites (N-methyl/N-ethyl adjacent to an activating group) is 1. The lowest BCUT2D eigenvalue weighted by Crippen LogP contribution is -2.45. The van der Waals surface area contributed by atoms with E-state index in [1.165, 1.54) is 128 Å². The maximum Gasteiger partial charge on any atom is 0.472 e. The second-order valence-corrected chi connectivity index (χ2v) is 20.0. The second-order valence-electron chi connectivity index (χ2n) is 18.5. The third-order valence-corrected chi connectivity index (χ3v) is 12.1. The van der Waals surface area contributed by atoms with Gasteiger partial charge in [-0.3, -0.25) is 13.8 Å². The number of phosphoric acid groups is 1. The Kier molecular flexibility index (Phi) is 43.6. The van der Waals surface area contributed by atoms with Gasteiger partial charge in [-0.1, -0.05) is 202 Å². The SMILES string of the molecule is CCCC/C=C/CC/C=C/CC/C=C/C(O)C(COP(=O)(O)OCC[N+](C)(C)C)NC(=O)CCCCCCCCCCCCCCCC/C=C\C/C=C\C/C=C\CCCCCCC. The Morgan fingerprint density at radius 3 is 1.43 bits per heavy atom. The summed E-state index contributed by atoms with van der Waals surface area (Å²) in [5, 5.41) is 13.8. The smallest absolute Gasteiger partial charge is 0.387 e. The highest BCUT2D eigenvalue weighted by atomic mass is 31.2. The molecular formula is C54H100N2O6P+. The van der Waals surface area contributed by atoms with Gasteiger partial charge in [-0.15, -0.1) is 0 Å². The molecule has 0 fully saturated rings. The van der Waals surface area contributed by atoms with Crippen LogP contribution in [-0.4, -0.2) is 73.4 Å². The van der Waals surface area contributed by atoms with Crippen molar-refractivity contribution in [2.75, 3.05) is 40.9 Å². The van der Waals surface area contributed by atoms with Gasteiger partial charge in [0.15, 0.2) is 0 Å². The molecule has 0 saturated heterocycles. The molecule has 0 spiro atoms. The van der Waals surface area contributed by atoms with E-state index in [1.54, 1.807) is 6.08 Å². The van der Waals surface area contributed by atoms with E-state index < -0.39 is 20.0 Å². The molecule has 0 aromatic carbocycles. The number of quaternary nitrogens is 1. The summed E-state index contributed by atoms with van der Waals surface area (Å²) in [5.74, 6) is -0.195. The van der Waals surface area contributed by atoms with Gasteiger partial charge in [0.2, 0.25) is 5.91 Å². The van der Waals surface area contributed by atoms with Crippen LogP contribution in [0.2, 0.25) is 0 Å². The molecule has 0 heterocycles. The largest absolute Gasteiger partial charge is 0.472 e. The van der Waals surface area contributed by atoms with Gasteiger partial charge in [-0.05, 0) is 77.0 Å². The van der Waals surface area contributed by atoms with Gasteiger partial charge in [-0.2, -0.15) is 0 Å². The molecule has 0 aromatic heterocycles. The molecule has 0 aromatic rings. The number of hydrogen-bond acceptors (Lipinski definition) is 5. The first kappa shape index (κ1) is 60.9. The van der Waals surface area contributed by atoms with Crippen molar-refractivity contribution in [3.8, 4) is 0 Å². The molecule has 366 valence electrons. The minimum absolute atomic E-state index is 0.0509. The van der Waals surface area contributed by atoms with Crippen LogP contribution in [0.1, 0.15) is 213 Å². The number of aliphatic hydroxyl groups excluding tert-OH is 1. The molecule has 3 unspecified atom stereocenters. The van der Waals surface area contributed by atoms with E-state index in [2.05, 4.69) is 79.9 Å². The van der Waals surface area contributed by atoms with Crippen LogP contribution in [0.15, 0.2) is 72.9 Å². The molecule has 0 saturated carbocycles. The van der Waals surface area contributed by atoms with Crippen LogP contribution in [0.4, 0.5) is 0 Å². The highest BCUT2D eigenvalue weighted by Gasteiger charge is 2.27. The molecule has 63 heavy (non-hydrogen) atoms. The zero-order valence-corrected chi connectivity index (χ0v) is 42.4. The van der Waals surface area contributed by atoms with E-state index in [0.29, 0.717) is 17.4 Å². The molecule has 0 radical (unpaired) electrons. The number of phosphoric ester groups is 1. The van der Waals surface area contributed by atoms with Crippen molar-refractivity contribution in [2.24, 2.45) is 0 Å². The average molecular weight is 904 g/mol. The van der Waals surface area contributed by atoms with Gasteiger partial charge in [0.1, 0.15) is 13.2 Å². The topological polar surface area (TPSA) is 105 Å². The fraction of sp³-hybridized carbons (Fsp3) is 0.759. The fourth-order valence-corrected chi connectivity index (χ4v) is 7.74. The molecule has 0 bridgehead atoms. The number of unbranched alkanes of at least 4 members (excludes halogenated alkanes) is 23. The minimum atomic E-state index is -4.35. The van der Waals surface area contributed by atoms with Gasteiger partial charge in [0, 0.05) is 6.42 Å². The second kappa shape index (κ2) is 45.1. The first-order chi connectivity index (χ1) is 30.5. The molecule has 0 aliphatic heterocycles. The highest BCUT2D eigenvalue weighted by molar-refractivity contribution is 7.47. The van der Waals surface area contributed by atoms with Gasteiger partial charge >= 0.3 is 7.82 Å². The molecule has 0 aliphatic carbocycles. The summed E-state index contributed by atoms with van der Waals surface area (Å²) < 4.78 is 23.6. The predicted molar refractivity (Wildman–Crippen MR) is 272 cm³/mol. The summed E-state index contributed by atoms with van der Waals surface area (Å²) in [6.45, 7) is 4.71. The molecule has 3 atom stereocenters. The van der Waals surface area contributed by atoms with E-state index in [0.717, 1.165) is 64.2 Å². The van der Waals surface area contributed by atoms with Crippen LogP contribution in [0.25, 0.3) is 0 Å². The summed E-state index contributed by atoms with van der Waals surface area (Å²) in [7, 11) is 1.54. The molecule has 8 nitrogen and oxygen atoms in total. The molecule has 1 amide bonds. The maximum absolute atomic E-state index is 12.9. The van der Waals surface area contributed by atoms with Crippen LogP contribution in [0.3, 0.4) is 0 Å². The maximum atomic E-state index is 12.9. The summed E-state index contributed by atoms with van der Waals surface area (Å²) in [6, 6.07) is -0.871. The number of allylic oxidation sites excluding steroid dienone is 11. The van der Waals surface area contributed by atoms with Gasteiger partial charge < -0.3 is 19.8 Å². The highest BCUT2D eigenvalue weighted by Crippen LogP contribution is 2.43. The monoisotopic (exact) mass is 904 g/mol. The number of carbonyl (C=O) groups is 1. The summed E-state index contributed by atoms with van der Waals surface area (Å²) in [4.78, 5) is 23.2. The van der Waals surface area contributed by atoms with Crippen LogP contribution in [-0.2, 0) is 18.4 Å². The Morgan fingerprint density at radius 1 is 0.540 bits per heavy atom. The Hall–Kier alpha value is -2.06. The number of rotatable bonds is 46. The number of carbonyl (C=O) groups excluding carboxylic acids is 1. The normalized spacial score (nSPS) is 14.7. The van der Waals surface area contributed by atoms with Crippen molar-refractivity contribution in [3.05, 3.63) is 72.9 Å². The first-order valence-corrected chi connectivity index (χ1v) is 27.3. The lowest BCUT2D eigenvalue weighted by atomic mass is 10.0. The zero-order chi connectivity index (χ0) is 46.4. The van der Waals surface area contributed by atoms with Crippen molar-refractivity contribution in [1.82, 2.24) is 5.32 Å². The number of hydrogen-bond donors (Lipinski definition) is 3. The summed E-state index contributed by atoms with van der Waals surface area (Å²) >= 11 is 0. The molecule has 0 aliphatic rings. The van der Waals surface area contributed by atoms with Gasteiger partial charge in [0.25, 0.3) is 0 Å². The predicted octanol–water partition coefficient (Wildman–Crippen LogP) is 15.1. The third-order valence-electron chi connectivity index (χ3n) is 11.1. The standard InChI is InChI=1S/C54H99N2O6P/c1-6-8-10-12-14-16-18-20-21-22-23-24-25-26-27-28-29-30-31-32-33-34-35-36-38-40-42-44-46-48-54(58)55-52(51-62-63(59,60)61-50-49-56(3,4)5)53(57)47-45-43-41-39-37-19-17-15-13-11-9-7-2/h13,15,18,20,22-23,25-26,37,39,45,47,52-53,57H,6-12,14,16-17,19,21,24,27-36,38,40-44,46,48-51H2,1-5H3,(H-,55,58,59,60)/p+1/b15-13+,20-18-,23-22-,26-25-,39-37+,47-45+. The van der Waals surface area contributed by atoms with E-state index in [4.69, 9.17) is 9.05 Å². The zero-order valence-electron chi connectivity index (χ0n) is 41.5. The summed E-state index contributed by atoms with van der Waals surface area (Å²) in [5.41, 5.74) is 0. The molecular weight excluding hydrogens is 804 g/mol. The third kappa shape index (κ3) is 47.7. The van der Waals surface area contributed by atoms with E-state index in [-0.39, 0.29) is 19.1 Å². The van der Waals surface area contributed by atoms with Crippen molar-refractivity contribution in [3.63, 3.8) is 0 Å². The lowest BCUT2D eigenvalue weighted by molar-refractivity contribution is -0.870. The summed E-state index contributed by atoms with van der Waals surface area (Å²) in [6.07, 6.45) is 61.4. The Balaban J connectivity index is 4.16. The van der Waals surface area contributed by atoms with Crippen molar-refractivity contribution < 1.29 is 32.9 Å². The first-order valence-electron chi connectivity index (χ1n) is 25.8. The number of nitrogens with zero attached hydrogens (tertiary/aromatic N) is 1. The van der Waals surface area contributed by atoms with Crippen molar-refractivity contribution in [2.45, 2.75) is 225 Å². The van der Waals surface area contributed by atoms with Crippen LogP contribution < -0.4 is 5.32 Å². The number of aliphatic hydroxyl groups is 1. The fourth-order valence-electron chi connectivity index (χ4n) is 7.01. The Bertz CT molecular complexity index is 1250. The minimum Gasteiger partial charge on any atom is -0.387 e. The Morgan fingerprint density at radius 2 is 0.937 bits per heavy atom. The average Bonchev–Trinajstić information content (AvgIpc) is 3.24. The van der Waals surface area contributed by atoms with Gasteiger partial charge in [0.05, 0.1) is 39.9 Å². The molecule has 0 rings (SSSR count). The lowest BCUT2D eigenvalue weighted by Gasteiger charge is -2.25. The van der Waals surface area contributed by atoms with Gasteiger partial charge in [-0.25, -0.2) is 4.57 Å². The van der Waals surface area contributed by atoms with Crippen LogP contribution in [0, 0.1) is 0 Å². The van der Waals surface area contributed by atoms with E-state index in [9.17, 15) is 19.4 Å². The van der Waals surface area contributed by atoms with Crippen molar-refractivity contribution >= 4 is 13.7 Å². The van der Waals surface area contributed by atoms with E-state index in [1.807, 2.05) is 27.2 Å². The quantitative estimate of drug-likeness (QED) is 0.0243. The number of nitrogens with one attached hydrogen (secondary N) is 1. The van der Waals surface area contributed by atoms with E-state index >= 15 is 0 Å². The molecule has 9 heteroatoms. The number of amides is 1. The molecule has 3 N–H and O–H groups in total. The van der Waals surface area contributed by atoms with Crippen LogP contribution >= 0.6 is 7.82 Å². The Labute approximate surface area is 389 Å². The van der Waals surface area contributed by atoms with Crippen molar-refractivity contribution in [1.29, 1.82) is 0 Å².